The number of hydrogen-bond donors (Lipinski definition) is 2. The number of hydrogen-bond acceptors (Lipinski definition) is 3. The Bertz CT molecular complexity index is 469. The third-order valence-corrected chi connectivity index (χ3v) is 3.66. The van der Waals surface area contributed by atoms with Gasteiger partial charge < -0.3 is 4.90 Å². The first kappa shape index (κ1) is 16.9. The number of nitrogens with zero attached hydrogens (tertiary/aromatic N) is 1. The Morgan fingerprint density at radius 3 is 2.10 bits per heavy atom. The molecule has 0 saturated carbocycles. The number of nitrogens with two attached hydrogens (primary N) is 1. The number of rotatable bonds is 4. The summed E-state index contributed by atoms with van der Waals surface area (Å²) in [5, 5.41) is 0. The zero-order valence-electron chi connectivity index (χ0n) is 11.8. The third-order valence-electron chi connectivity index (χ3n) is 3.66. The second-order valence-corrected chi connectivity index (χ2v) is 5.38. The molecule has 3 N–H and O–H groups in total. The van der Waals surface area contributed by atoms with Gasteiger partial charge in [0.05, 0.1) is 11.6 Å². The van der Waals surface area contributed by atoms with Gasteiger partial charge in [0.2, 0.25) is 0 Å². The molecule has 1 rings (SSSR count). The molecule has 0 radical (unpaired) electrons. The Hall–Kier alpha value is -1.18. The van der Waals surface area contributed by atoms with Crippen LogP contribution in [0.25, 0.3) is 0 Å². The molecule has 0 spiro atoms. The first-order valence-electron chi connectivity index (χ1n) is 6.02. The maximum Gasteiger partial charge on any atom is 0.419 e. The van der Waals surface area contributed by atoms with Gasteiger partial charge in [0.25, 0.3) is 0 Å². The van der Waals surface area contributed by atoms with Crippen LogP contribution in [0, 0.1) is 5.82 Å². The van der Waals surface area contributed by atoms with Gasteiger partial charge in [-0.2, -0.15) is 13.2 Å². The van der Waals surface area contributed by atoms with E-state index in [-0.39, 0.29) is 0 Å². The van der Waals surface area contributed by atoms with E-state index in [1.54, 1.807) is 0 Å². The van der Waals surface area contributed by atoms with Gasteiger partial charge in [-0.15, -0.1) is 0 Å². The van der Waals surface area contributed by atoms with E-state index < -0.39 is 29.1 Å². The average molecular weight is 293 g/mol. The minimum absolute atomic E-state index is 0.358. The molecule has 0 aliphatic carbocycles. The first-order valence-corrected chi connectivity index (χ1v) is 6.02. The van der Waals surface area contributed by atoms with Crippen LogP contribution in [0.2, 0.25) is 0 Å². The highest BCUT2D eigenvalue weighted by Crippen LogP contribution is 2.34. The fourth-order valence-electron chi connectivity index (χ4n) is 1.91. The van der Waals surface area contributed by atoms with Crippen LogP contribution in [0.1, 0.15) is 31.0 Å². The van der Waals surface area contributed by atoms with Crippen LogP contribution in [0.5, 0.6) is 0 Å². The predicted octanol–water partition coefficient (Wildman–Crippen LogP) is 2.69. The van der Waals surface area contributed by atoms with E-state index >= 15 is 0 Å². The summed E-state index contributed by atoms with van der Waals surface area (Å²) < 4.78 is 51.2. The lowest BCUT2D eigenvalue weighted by Crippen LogP contribution is -2.51. The van der Waals surface area contributed by atoms with E-state index in [1.807, 2.05) is 32.8 Å². The molecule has 1 aromatic rings. The summed E-state index contributed by atoms with van der Waals surface area (Å²) in [4.78, 5) is 1.85. The summed E-state index contributed by atoms with van der Waals surface area (Å²) in [5.41, 5.74) is 1.10. The Balaban J connectivity index is 3.23. The maximum atomic E-state index is 13.6. The number of halogens is 4. The molecule has 0 amide bonds. The van der Waals surface area contributed by atoms with Crippen molar-refractivity contribution < 1.29 is 17.6 Å². The van der Waals surface area contributed by atoms with Gasteiger partial charge in [-0.05, 0) is 45.6 Å². The van der Waals surface area contributed by atoms with Crippen LogP contribution < -0.4 is 11.3 Å². The van der Waals surface area contributed by atoms with Crippen molar-refractivity contribution in [3.05, 3.63) is 35.1 Å². The van der Waals surface area contributed by atoms with Gasteiger partial charge in [0.1, 0.15) is 5.82 Å². The molecule has 0 heterocycles. The Labute approximate surface area is 115 Å². The van der Waals surface area contributed by atoms with Gasteiger partial charge >= 0.3 is 6.18 Å². The van der Waals surface area contributed by atoms with Crippen LogP contribution in [-0.2, 0) is 6.18 Å². The molecular weight excluding hydrogens is 274 g/mol. The molecule has 0 aromatic heterocycles. The molecule has 1 aromatic carbocycles. The lowest BCUT2D eigenvalue weighted by Gasteiger charge is -2.40. The molecule has 0 fully saturated rings. The van der Waals surface area contributed by atoms with Crippen molar-refractivity contribution in [3.8, 4) is 0 Å². The summed E-state index contributed by atoms with van der Waals surface area (Å²) in [6.07, 6.45) is -4.70. The standard InChI is InChI=1S/C13H19F4N3/c1-12(2,20(3)4)11(19-18)8-5-6-9(10(14)7-8)13(15,16)17/h5-7,11,19H,18H2,1-4H3. The van der Waals surface area contributed by atoms with Gasteiger partial charge in [-0.1, -0.05) is 6.07 Å². The zero-order valence-corrected chi connectivity index (χ0v) is 11.8. The Morgan fingerprint density at radius 2 is 1.75 bits per heavy atom. The number of alkyl halides is 3. The molecule has 1 atom stereocenters. The van der Waals surface area contributed by atoms with E-state index in [0.29, 0.717) is 5.56 Å². The second-order valence-electron chi connectivity index (χ2n) is 5.38. The van der Waals surface area contributed by atoms with E-state index in [4.69, 9.17) is 5.84 Å². The third kappa shape index (κ3) is 3.28. The van der Waals surface area contributed by atoms with E-state index in [2.05, 4.69) is 5.43 Å². The van der Waals surface area contributed by atoms with Gasteiger partial charge in [0, 0.05) is 5.54 Å². The highest BCUT2D eigenvalue weighted by atomic mass is 19.4. The minimum Gasteiger partial charge on any atom is -0.302 e. The van der Waals surface area contributed by atoms with Crippen molar-refractivity contribution in [1.29, 1.82) is 0 Å². The van der Waals surface area contributed by atoms with Crippen molar-refractivity contribution in [2.75, 3.05) is 14.1 Å². The van der Waals surface area contributed by atoms with Crippen LogP contribution in [0.4, 0.5) is 17.6 Å². The maximum absolute atomic E-state index is 13.6. The van der Waals surface area contributed by atoms with Crippen LogP contribution in [0.3, 0.4) is 0 Å². The number of likely N-dealkylation sites (N-methyl/N-ethyl adjacent to an activating group) is 1. The molecular formula is C13H19F4N3. The highest BCUT2D eigenvalue weighted by Gasteiger charge is 2.36. The molecule has 20 heavy (non-hydrogen) atoms. The van der Waals surface area contributed by atoms with Gasteiger partial charge in [0.15, 0.2) is 0 Å². The van der Waals surface area contributed by atoms with Crippen molar-refractivity contribution >= 4 is 0 Å². The molecule has 0 aliphatic rings. The van der Waals surface area contributed by atoms with Crippen molar-refractivity contribution in [3.63, 3.8) is 0 Å². The number of nitrogens with one attached hydrogen (secondary N) is 1. The minimum atomic E-state index is -4.70. The smallest absolute Gasteiger partial charge is 0.302 e. The molecule has 3 nitrogen and oxygen atoms in total. The Morgan fingerprint density at radius 1 is 1.20 bits per heavy atom. The van der Waals surface area contributed by atoms with Crippen LogP contribution in [-0.4, -0.2) is 24.5 Å². The molecule has 114 valence electrons. The summed E-state index contributed by atoms with van der Waals surface area (Å²) in [6, 6.07) is 2.33. The molecule has 7 heteroatoms. The van der Waals surface area contributed by atoms with Crippen LogP contribution in [0.15, 0.2) is 18.2 Å². The lowest BCUT2D eigenvalue weighted by atomic mass is 9.87. The molecule has 1 unspecified atom stereocenters. The van der Waals surface area contributed by atoms with E-state index in [1.165, 1.54) is 6.07 Å². The number of benzene rings is 1. The molecule has 0 bridgehead atoms. The quantitative estimate of drug-likeness (QED) is 0.509. The fourth-order valence-corrected chi connectivity index (χ4v) is 1.91. The topological polar surface area (TPSA) is 41.3 Å². The summed E-state index contributed by atoms with van der Waals surface area (Å²) in [6.45, 7) is 3.71. The highest BCUT2D eigenvalue weighted by molar-refractivity contribution is 5.30. The van der Waals surface area contributed by atoms with Crippen molar-refractivity contribution in [1.82, 2.24) is 10.3 Å². The molecule has 0 aliphatic heterocycles. The summed E-state index contributed by atoms with van der Waals surface area (Å²) in [5.74, 6) is 4.18. The van der Waals surface area contributed by atoms with Gasteiger partial charge in [-0.3, -0.25) is 11.3 Å². The summed E-state index contributed by atoms with van der Waals surface area (Å²) >= 11 is 0. The average Bonchev–Trinajstić information content (AvgIpc) is 2.27. The van der Waals surface area contributed by atoms with E-state index in [9.17, 15) is 17.6 Å². The lowest BCUT2D eigenvalue weighted by molar-refractivity contribution is -0.140. The SMILES string of the molecule is CN(C)C(C)(C)C(NN)c1ccc(C(F)(F)F)c(F)c1. The largest absolute Gasteiger partial charge is 0.419 e. The van der Waals surface area contributed by atoms with Gasteiger partial charge in [-0.25, -0.2) is 4.39 Å². The number of hydrazine groups is 1. The van der Waals surface area contributed by atoms with Crippen molar-refractivity contribution in [2.24, 2.45) is 5.84 Å². The normalized spacial score (nSPS) is 14.7. The second kappa shape index (κ2) is 5.67. The fraction of sp³-hybridized carbons (Fsp3) is 0.538. The monoisotopic (exact) mass is 293 g/mol. The predicted molar refractivity (Wildman–Crippen MR) is 69.2 cm³/mol. The van der Waals surface area contributed by atoms with Crippen molar-refractivity contribution in [2.45, 2.75) is 31.6 Å². The Kier molecular flexibility index (Phi) is 4.78. The first-order chi connectivity index (χ1) is 9.01. The zero-order chi connectivity index (χ0) is 15.7. The van der Waals surface area contributed by atoms with E-state index in [0.717, 1.165) is 12.1 Å². The molecule has 0 saturated heterocycles. The summed E-state index contributed by atoms with van der Waals surface area (Å²) in [7, 11) is 3.62. The van der Waals surface area contributed by atoms with Crippen LogP contribution >= 0.6 is 0 Å².